The molecule has 5 heteroatoms. The average molecular weight is 291 g/mol. The van der Waals surface area contributed by atoms with Crippen molar-refractivity contribution in [2.45, 2.75) is 38.7 Å². The van der Waals surface area contributed by atoms with E-state index in [0.717, 1.165) is 51.1 Å². The van der Waals surface area contributed by atoms with Crippen molar-refractivity contribution in [2.75, 3.05) is 31.6 Å². The minimum atomic E-state index is -0.143. The summed E-state index contributed by atoms with van der Waals surface area (Å²) < 4.78 is 5.87. The van der Waals surface area contributed by atoms with Crippen molar-refractivity contribution in [1.82, 2.24) is 10.3 Å². The molecule has 21 heavy (non-hydrogen) atoms. The van der Waals surface area contributed by atoms with Crippen molar-refractivity contribution in [1.29, 1.82) is 0 Å². The van der Waals surface area contributed by atoms with Crippen LogP contribution in [0.1, 0.15) is 43.1 Å². The van der Waals surface area contributed by atoms with E-state index in [0.29, 0.717) is 11.8 Å². The van der Waals surface area contributed by atoms with Crippen molar-refractivity contribution >= 4 is 11.6 Å². The number of carbonyl (C=O) groups is 1. The summed E-state index contributed by atoms with van der Waals surface area (Å²) in [7, 11) is 1.62. The molecule has 1 N–H and O–H groups in total. The molecule has 0 aliphatic carbocycles. The van der Waals surface area contributed by atoms with Gasteiger partial charge in [-0.15, -0.1) is 0 Å². The van der Waals surface area contributed by atoms with E-state index in [4.69, 9.17) is 4.74 Å². The Morgan fingerprint density at radius 1 is 1.48 bits per heavy atom. The molecule has 1 amide bonds. The molecule has 1 aromatic heterocycles. The van der Waals surface area contributed by atoms with Crippen LogP contribution >= 0.6 is 0 Å². The van der Waals surface area contributed by atoms with Crippen molar-refractivity contribution in [3.8, 4) is 0 Å². The van der Waals surface area contributed by atoms with E-state index in [1.165, 1.54) is 0 Å². The molecule has 2 heterocycles. The summed E-state index contributed by atoms with van der Waals surface area (Å²) in [5.41, 5.74) is 1.54. The summed E-state index contributed by atoms with van der Waals surface area (Å²) in [6, 6.07) is 3.84. The monoisotopic (exact) mass is 291 g/mol. The highest BCUT2D eigenvalue weighted by Crippen LogP contribution is 2.21. The first-order valence-electron chi connectivity index (χ1n) is 7.79. The van der Waals surface area contributed by atoms with Gasteiger partial charge in [-0.1, -0.05) is 6.92 Å². The number of aromatic nitrogens is 1. The lowest BCUT2D eigenvalue weighted by molar-refractivity contribution is 0.0461. The normalized spacial score (nSPS) is 19.1. The Balaban J connectivity index is 2.00. The second-order valence-corrected chi connectivity index (χ2v) is 5.39. The van der Waals surface area contributed by atoms with Crippen LogP contribution in [-0.4, -0.2) is 43.7 Å². The van der Waals surface area contributed by atoms with Gasteiger partial charge in [0.15, 0.2) is 0 Å². The molecule has 0 spiro atoms. The Bertz CT molecular complexity index is 465. The van der Waals surface area contributed by atoms with Crippen LogP contribution in [0.3, 0.4) is 0 Å². The number of pyridine rings is 1. The molecule has 1 aliphatic heterocycles. The van der Waals surface area contributed by atoms with Crippen LogP contribution in [0, 0.1) is 0 Å². The molecule has 0 saturated carbocycles. The van der Waals surface area contributed by atoms with Crippen LogP contribution in [0.15, 0.2) is 18.3 Å². The average Bonchev–Trinajstić information content (AvgIpc) is 2.78. The Morgan fingerprint density at radius 3 is 3.10 bits per heavy atom. The predicted octanol–water partition coefficient (Wildman–Crippen LogP) is 2.23. The lowest BCUT2D eigenvalue weighted by Gasteiger charge is -2.23. The van der Waals surface area contributed by atoms with Gasteiger partial charge in [0.1, 0.15) is 5.69 Å². The molecule has 1 aliphatic rings. The summed E-state index contributed by atoms with van der Waals surface area (Å²) in [5.74, 6) is -0.143. The van der Waals surface area contributed by atoms with Crippen LogP contribution in [0.25, 0.3) is 0 Å². The third-order valence-electron chi connectivity index (χ3n) is 3.80. The van der Waals surface area contributed by atoms with Crippen molar-refractivity contribution in [2.24, 2.45) is 0 Å². The molecular weight excluding hydrogens is 266 g/mol. The third kappa shape index (κ3) is 4.43. The first-order valence-corrected chi connectivity index (χ1v) is 7.79. The van der Waals surface area contributed by atoms with Crippen molar-refractivity contribution in [3.05, 3.63) is 24.0 Å². The summed E-state index contributed by atoms with van der Waals surface area (Å²) in [6.45, 7) is 4.95. The SMILES string of the molecule is CCCOC1CCCN(c2ccnc(C(=O)NC)c2)CC1. The van der Waals surface area contributed by atoms with Gasteiger partial charge < -0.3 is 15.0 Å². The second-order valence-electron chi connectivity index (χ2n) is 5.39. The van der Waals surface area contributed by atoms with Gasteiger partial charge >= 0.3 is 0 Å². The van der Waals surface area contributed by atoms with E-state index < -0.39 is 0 Å². The van der Waals surface area contributed by atoms with E-state index in [9.17, 15) is 4.79 Å². The molecule has 1 aromatic rings. The largest absolute Gasteiger partial charge is 0.378 e. The van der Waals surface area contributed by atoms with E-state index in [1.54, 1.807) is 13.2 Å². The highest BCUT2D eigenvalue weighted by Gasteiger charge is 2.18. The minimum Gasteiger partial charge on any atom is -0.378 e. The van der Waals surface area contributed by atoms with Gasteiger partial charge in [-0.3, -0.25) is 9.78 Å². The van der Waals surface area contributed by atoms with E-state index in [2.05, 4.69) is 22.1 Å². The van der Waals surface area contributed by atoms with Crippen LogP contribution in [-0.2, 0) is 4.74 Å². The second kappa shape index (κ2) is 7.98. The zero-order chi connectivity index (χ0) is 15.1. The van der Waals surface area contributed by atoms with Crippen LogP contribution in [0.4, 0.5) is 5.69 Å². The number of ether oxygens (including phenoxy) is 1. The number of nitrogens with zero attached hydrogens (tertiary/aromatic N) is 2. The minimum absolute atomic E-state index is 0.143. The molecule has 0 aromatic carbocycles. The van der Waals surface area contributed by atoms with Crippen LogP contribution in [0.5, 0.6) is 0 Å². The maximum Gasteiger partial charge on any atom is 0.269 e. The molecule has 0 bridgehead atoms. The Morgan fingerprint density at radius 2 is 2.33 bits per heavy atom. The van der Waals surface area contributed by atoms with Gasteiger partial charge in [-0.25, -0.2) is 0 Å². The van der Waals surface area contributed by atoms with E-state index in [-0.39, 0.29) is 5.91 Å². The van der Waals surface area contributed by atoms with Gasteiger partial charge in [-0.05, 0) is 37.8 Å². The maximum atomic E-state index is 11.7. The van der Waals surface area contributed by atoms with E-state index in [1.807, 2.05) is 12.1 Å². The number of hydrogen-bond donors (Lipinski definition) is 1. The fraction of sp³-hybridized carbons (Fsp3) is 0.625. The lowest BCUT2D eigenvalue weighted by Crippen LogP contribution is -2.26. The summed E-state index contributed by atoms with van der Waals surface area (Å²) >= 11 is 0. The molecule has 116 valence electrons. The smallest absolute Gasteiger partial charge is 0.269 e. The quantitative estimate of drug-likeness (QED) is 0.904. The van der Waals surface area contributed by atoms with Crippen molar-refractivity contribution in [3.63, 3.8) is 0 Å². The van der Waals surface area contributed by atoms with Gasteiger partial charge in [0.25, 0.3) is 5.91 Å². The van der Waals surface area contributed by atoms with Gasteiger partial charge in [-0.2, -0.15) is 0 Å². The standard InChI is InChI=1S/C16H25N3O2/c1-3-11-21-14-5-4-9-19(10-7-14)13-6-8-18-15(12-13)16(20)17-2/h6,8,12,14H,3-5,7,9-11H2,1-2H3,(H,17,20). The first kappa shape index (κ1) is 15.8. The van der Waals surface area contributed by atoms with Crippen molar-refractivity contribution < 1.29 is 9.53 Å². The third-order valence-corrected chi connectivity index (χ3v) is 3.80. The fourth-order valence-corrected chi connectivity index (χ4v) is 2.64. The van der Waals surface area contributed by atoms with Gasteiger partial charge in [0.2, 0.25) is 0 Å². The Labute approximate surface area is 126 Å². The topological polar surface area (TPSA) is 54.5 Å². The molecule has 0 radical (unpaired) electrons. The molecule has 1 atom stereocenters. The highest BCUT2D eigenvalue weighted by molar-refractivity contribution is 5.92. The zero-order valence-corrected chi connectivity index (χ0v) is 13.0. The summed E-state index contributed by atoms with van der Waals surface area (Å²) in [4.78, 5) is 18.1. The number of amides is 1. The van der Waals surface area contributed by atoms with Crippen LogP contribution < -0.4 is 10.2 Å². The number of nitrogens with one attached hydrogen (secondary N) is 1. The fourth-order valence-electron chi connectivity index (χ4n) is 2.64. The lowest BCUT2D eigenvalue weighted by atomic mass is 10.2. The predicted molar refractivity (Wildman–Crippen MR) is 83.7 cm³/mol. The molecular formula is C16H25N3O2. The Hall–Kier alpha value is -1.62. The Kier molecular flexibility index (Phi) is 5.99. The number of anilines is 1. The van der Waals surface area contributed by atoms with E-state index >= 15 is 0 Å². The molecule has 1 fully saturated rings. The van der Waals surface area contributed by atoms with Crippen LogP contribution in [0.2, 0.25) is 0 Å². The molecule has 1 unspecified atom stereocenters. The first-order chi connectivity index (χ1) is 10.2. The summed E-state index contributed by atoms with van der Waals surface area (Å²) in [6.07, 6.45) is 6.42. The molecule has 1 saturated heterocycles. The van der Waals surface area contributed by atoms with Gasteiger partial charge in [0.05, 0.1) is 6.10 Å². The highest BCUT2D eigenvalue weighted by atomic mass is 16.5. The zero-order valence-electron chi connectivity index (χ0n) is 13.0. The van der Waals surface area contributed by atoms with Gasteiger partial charge in [0, 0.05) is 38.6 Å². The maximum absolute atomic E-state index is 11.7. The molecule has 2 rings (SSSR count). The number of rotatable bonds is 5. The molecule has 5 nitrogen and oxygen atoms in total. The number of carbonyl (C=O) groups excluding carboxylic acids is 1. The number of hydrogen-bond acceptors (Lipinski definition) is 4. The summed E-state index contributed by atoms with van der Waals surface area (Å²) in [5, 5.41) is 2.61.